The third kappa shape index (κ3) is 2.77. The van der Waals surface area contributed by atoms with E-state index in [0.717, 1.165) is 18.4 Å². The molecule has 4 nitrogen and oxygen atoms in total. The van der Waals surface area contributed by atoms with Crippen LogP contribution in [0.5, 0.6) is 0 Å². The zero-order chi connectivity index (χ0) is 14.8. The molecule has 20 heavy (non-hydrogen) atoms. The normalized spacial score (nSPS) is 15.9. The van der Waals surface area contributed by atoms with E-state index in [-0.39, 0.29) is 17.2 Å². The van der Waals surface area contributed by atoms with Gasteiger partial charge in [-0.3, -0.25) is 9.10 Å². The Morgan fingerprint density at radius 3 is 2.40 bits per heavy atom. The number of nitrogens with zero attached hydrogens (tertiary/aromatic N) is 1. The molecule has 0 N–H and O–H groups in total. The SMILES string of the molecule is CCN(C1=CCCCC1=O)S(=O)(=O)c1ccc(C)cc1. The lowest BCUT2D eigenvalue weighted by Crippen LogP contribution is -2.34. The molecule has 1 aliphatic carbocycles. The van der Waals surface area contributed by atoms with E-state index in [1.165, 1.54) is 4.31 Å². The van der Waals surface area contributed by atoms with Crippen molar-refractivity contribution in [2.75, 3.05) is 6.54 Å². The molecular weight excluding hydrogens is 274 g/mol. The summed E-state index contributed by atoms with van der Waals surface area (Å²) in [6.07, 6.45) is 3.71. The summed E-state index contributed by atoms with van der Waals surface area (Å²) in [7, 11) is -3.66. The Morgan fingerprint density at radius 1 is 1.20 bits per heavy atom. The van der Waals surface area contributed by atoms with E-state index < -0.39 is 10.0 Å². The van der Waals surface area contributed by atoms with E-state index in [1.54, 1.807) is 37.3 Å². The van der Waals surface area contributed by atoms with E-state index in [0.29, 0.717) is 12.1 Å². The standard InChI is InChI=1S/C15H19NO3S/c1-3-16(14-6-4-5-7-15(14)17)20(18,19)13-10-8-12(2)9-11-13/h6,8-11H,3-5,7H2,1-2H3. The highest BCUT2D eigenvalue weighted by atomic mass is 32.2. The molecule has 1 aliphatic rings. The molecule has 0 atom stereocenters. The molecule has 0 fully saturated rings. The van der Waals surface area contributed by atoms with E-state index in [1.807, 2.05) is 6.92 Å². The van der Waals surface area contributed by atoms with Crippen LogP contribution in [0.3, 0.4) is 0 Å². The molecule has 0 aromatic heterocycles. The summed E-state index contributed by atoms with van der Waals surface area (Å²) < 4.78 is 26.5. The van der Waals surface area contributed by atoms with Crippen LogP contribution in [-0.2, 0) is 14.8 Å². The number of carbonyl (C=O) groups is 1. The quantitative estimate of drug-likeness (QED) is 0.857. The molecule has 1 aromatic rings. The Balaban J connectivity index is 2.42. The van der Waals surface area contributed by atoms with Crippen LogP contribution in [0, 0.1) is 6.92 Å². The van der Waals surface area contributed by atoms with Gasteiger partial charge in [-0.1, -0.05) is 23.8 Å². The average Bonchev–Trinajstić information content (AvgIpc) is 2.42. The van der Waals surface area contributed by atoms with E-state index in [2.05, 4.69) is 0 Å². The van der Waals surface area contributed by atoms with Gasteiger partial charge < -0.3 is 0 Å². The zero-order valence-corrected chi connectivity index (χ0v) is 12.6. The fourth-order valence-corrected chi connectivity index (χ4v) is 3.80. The fourth-order valence-electron chi connectivity index (χ4n) is 2.29. The van der Waals surface area contributed by atoms with Gasteiger partial charge in [0, 0.05) is 13.0 Å². The van der Waals surface area contributed by atoms with Gasteiger partial charge in [0.15, 0.2) is 5.78 Å². The Hall–Kier alpha value is -1.62. The number of hydrogen-bond donors (Lipinski definition) is 0. The van der Waals surface area contributed by atoms with Crippen LogP contribution in [-0.4, -0.2) is 25.1 Å². The lowest BCUT2D eigenvalue weighted by atomic mass is 10.0. The first-order valence-corrected chi connectivity index (χ1v) is 8.23. The molecule has 1 aromatic carbocycles. The molecule has 0 heterocycles. The van der Waals surface area contributed by atoms with Crippen molar-refractivity contribution >= 4 is 15.8 Å². The minimum atomic E-state index is -3.66. The number of benzene rings is 1. The first-order chi connectivity index (χ1) is 9.46. The summed E-state index contributed by atoms with van der Waals surface area (Å²) in [5.74, 6) is -0.0891. The molecule has 0 saturated heterocycles. The number of aryl methyl sites for hydroxylation is 1. The van der Waals surface area contributed by atoms with E-state index in [4.69, 9.17) is 0 Å². The van der Waals surface area contributed by atoms with Gasteiger partial charge in [-0.15, -0.1) is 0 Å². The third-order valence-corrected chi connectivity index (χ3v) is 5.30. The van der Waals surface area contributed by atoms with Crippen molar-refractivity contribution in [2.24, 2.45) is 0 Å². The topological polar surface area (TPSA) is 54.5 Å². The summed E-state index contributed by atoms with van der Waals surface area (Å²) >= 11 is 0. The first kappa shape index (κ1) is 14.8. The molecule has 5 heteroatoms. The molecule has 2 rings (SSSR count). The zero-order valence-electron chi connectivity index (χ0n) is 11.8. The highest BCUT2D eigenvalue weighted by Crippen LogP contribution is 2.25. The number of Topliss-reactive ketones (excluding diaryl/α,β-unsaturated/α-hetero) is 1. The molecule has 0 aliphatic heterocycles. The van der Waals surface area contributed by atoms with Gasteiger partial charge >= 0.3 is 0 Å². The number of ketones is 1. The number of allylic oxidation sites excluding steroid dienone is 2. The molecule has 0 radical (unpaired) electrons. The summed E-state index contributed by atoms with van der Waals surface area (Å²) in [5.41, 5.74) is 1.32. The molecule has 0 amide bonds. The average molecular weight is 293 g/mol. The second kappa shape index (κ2) is 5.79. The number of hydrogen-bond acceptors (Lipinski definition) is 3. The highest BCUT2D eigenvalue weighted by molar-refractivity contribution is 7.89. The monoisotopic (exact) mass is 293 g/mol. The van der Waals surface area contributed by atoms with Crippen molar-refractivity contribution in [1.29, 1.82) is 0 Å². The van der Waals surface area contributed by atoms with Gasteiger partial charge in [0.2, 0.25) is 0 Å². The van der Waals surface area contributed by atoms with Crippen molar-refractivity contribution in [3.63, 3.8) is 0 Å². The molecule has 0 saturated carbocycles. The summed E-state index contributed by atoms with van der Waals surface area (Å²) in [6, 6.07) is 6.69. The number of rotatable bonds is 4. The van der Waals surface area contributed by atoms with Crippen LogP contribution >= 0.6 is 0 Å². The molecule has 0 unspecified atom stereocenters. The Labute approximate surface area is 120 Å². The predicted octanol–water partition coefficient (Wildman–Crippen LogP) is 2.64. The lowest BCUT2D eigenvalue weighted by Gasteiger charge is -2.26. The first-order valence-electron chi connectivity index (χ1n) is 6.79. The maximum atomic E-state index is 12.7. The Kier molecular flexibility index (Phi) is 4.28. The second-order valence-electron chi connectivity index (χ2n) is 4.89. The highest BCUT2D eigenvalue weighted by Gasteiger charge is 2.29. The van der Waals surface area contributed by atoms with Crippen LogP contribution in [0.4, 0.5) is 0 Å². The third-order valence-electron chi connectivity index (χ3n) is 3.40. The van der Waals surface area contributed by atoms with Crippen LogP contribution in [0.25, 0.3) is 0 Å². The molecule has 0 spiro atoms. The van der Waals surface area contributed by atoms with Gasteiger partial charge in [-0.05, 0) is 38.8 Å². The number of sulfonamides is 1. The number of likely N-dealkylation sites (N-methyl/N-ethyl adjacent to an activating group) is 1. The minimum absolute atomic E-state index is 0.0891. The van der Waals surface area contributed by atoms with Crippen LogP contribution < -0.4 is 0 Å². The molecule has 0 bridgehead atoms. The largest absolute Gasteiger partial charge is 0.293 e. The van der Waals surface area contributed by atoms with Crippen molar-refractivity contribution < 1.29 is 13.2 Å². The van der Waals surface area contributed by atoms with Gasteiger partial charge in [0.05, 0.1) is 10.6 Å². The van der Waals surface area contributed by atoms with E-state index in [9.17, 15) is 13.2 Å². The summed E-state index contributed by atoms with van der Waals surface area (Å²) in [6.45, 7) is 3.91. The van der Waals surface area contributed by atoms with Gasteiger partial charge in [-0.25, -0.2) is 8.42 Å². The number of carbonyl (C=O) groups excluding carboxylic acids is 1. The fraction of sp³-hybridized carbons (Fsp3) is 0.400. The van der Waals surface area contributed by atoms with Crippen molar-refractivity contribution in [3.8, 4) is 0 Å². The van der Waals surface area contributed by atoms with Gasteiger partial charge in [0.1, 0.15) is 0 Å². The molecular formula is C15H19NO3S. The summed E-state index contributed by atoms with van der Waals surface area (Å²) in [5, 5.41) is 0. The minimum Gasteiger partial charge on any atom is -0.293 e. The van der Waals surface area contributed by atoms with Crippen molar-refractivity contribution in [1.82, 2.24) is 4.31 Å². The summed E-state index contributed by atoms with van der Waals surface area (Å²) in [4.78, 5) is 12.2. The van der Waals surface area contributed by atoms with Crippen LogP contribution in [0.15, 0.2) is 40.9 Å². The smallest absolute Gasteiger partial charge is 0.264 e. The Morgan fingerprint density at radius 2 is 1.85 bits per heavy atom. The second-order valence-corrected chi connectivity index (χ2v) is 6.75. The van der Waals surface area contributed by atoms with E-state index >= 15 is 0 Å². The molecule has 108 valence electrons. The maximum Gasteiger partial charge on any atom is 0.264 e. The maximum absolute atomic E-state index is 12.7. The van der Waals surface area contributed by atoms with Crippen LogP contribution in [0.1, 0.15) is 31.7 Å². The predicted molar refractivity (Wildman–Crippen MR) is 77.7 cm³/mol. The lowest BCUT2D eigenvalue weighted by molar-refractivity contribution is -0.117. The van der Waals surface area contributed by atoms with Gasteiger partial charge in [0.25, 0.3) is 10.0 Å². The van der Waals surface area contributed by atoms with Crippen LogP contribution in [0.2, 0.25) is 0 Å². The van der Waals surface area contributed by atoms with Gasteiger partial charge in [-0.2, -0.15) is 0 Å². The van der Waals surface area contributed by atoms with Crippen molar-refractivity contribution in [2.45, 2.75) is 38.0 Å². The Bertz CT molecular complexity index is 630. The van der Waals surface area contributed by atoms with Crippen molar-refractivity contribution in [3.05, 3.63) is 41.6 Å².